The van der Waals surface area contributed by atoms with Crippen LogP contribution >= 0.6 is 0 Å². The van der Waals surface area contributed by atoms with Gasteiger partial charge in [0.15, 0.2) is 0 Å². The van der Waals surface area contributed by atoms with Crippen LogP contribution in [0.5, 0.6) is 0 Å². The van der Waals surface area contributed by atoms with Crippen molar-refractivity contribution in [1.82, 2.24) is 9.97 Å². The van der Waals surface area contributed by atoms with Crippen molar-refractivity contribution >= 4 is 10.9 Å². The standard InChI is InChI=1S/C11H13N3/c1-7-3-4-10-9(5-7)11(6-12)14-8(2)13-10/h3-5H,6,12H2,1-2H3. The fourth-order valence-corrected chi connectivity index (χ4v) is 1.59. The summed E-state index contributed by atoms with van der Waals surface area (Å²) in [4.78, 5) is 8.68. The molecule has 0 aliphatic heterocycles. The maximum Gasteiger partial charge on any atom is 0.126 e. The lowest BCUT2D eigenvalue weighted by Crippen LogP contribution is -2.03. The van der Waals surface area contributed by atoms with Gasteiger partial charge in [-0.15, -0.1) is 0 Å². The lowest BCUT2D eigenvalue weighted by Gasteiger charge is -2.05. The number of aryl methyl sites for hydroxylation is 2. The molecule has 0 amide bonds. The van der Waals surface area contributed by atoms with Crippen LogP contribution in [-0.4, -0.2) is 9.97 Å². The predicted molar refractivity (Wildman–Crippen MR) is 56.9 cm³/mol. The molecule has 1 aromatic heterocycles. The summed E-state index contributed by atoms with van der Waals surface area (Å²) in [6.45, 7) is 4.40. The Kier molecular flexibility index (Phi) is 2.17. The molecule has 2 rings (SSSR count). The van der Waals surface area contributed by atoms with E-state index < -0.39 is 0 Å². The summed E-state index contributed by atoms with van der Waals surface area (Å²) in [5.41, 5.74) is 8.76. The minimum absolute atomic E-state index is 0.462. The van der Waals surface area contributed by atoms with Gasteiger partial charge in [-0.3, -0.25) is 0 Å². The minimum Gasteiger partial charge on any atom is -0.325 e. The number of nitrogens with zero attached hydrogens (tertiary/aromatic N) is 2. The van der Waals surface area contributed by atoms with Gasteiger partial charge in [0.25, 0.3) is 0 Å². The Hall–Kier alpha value is -1.48. The van der Waals surface area contributed by atoms with Gasteiger partial charge in [-0.2, -0.15) is 0 Å². The van der Waals surface area contributed by atoms with E-state index in [1.807, 2.05) is 13.0 Å². The Morgan fingerprint density at radius 3 is 2.71 bits per heavy atom. The third-order valence-electron chi connectivity index (χ3n) is 2.24. The summed E-state index contributed by atoms with van der Waals surface area (Å²) < 4.78 is 0. The second-order valence-electron chi connectivity index (χ2n) is 3.44. The third-order valence-corrected chi connectivity index (χ3v) is 2.24. The van der Waals surface area contributed by atoms with Gasteiger partial charge < -0.3 is 5.73 Å². The number of hydrogen-bond acceptors (Lipinski definition) is 3. The van der Waals surface area contributed by atoms with Crippen molar-refractivity contribution in [1.29, 1.82) is 0 Å². The molecule has 2 aromatic rings. The van der Waals surface area contributed by atoms with Crippen molar-refractivity contribution in [2.45, 2.75) is 20.4 Å². The van der Waals surface area contributed by atoms with Crippen molar-refractivity contribution in [2.24, 2.45) is 5.73 Å². The Balaban J connectivity index is 2.81. The summed E-state index contributed by atoms with van der Waals surface area (Å²) in [7, 11) is 0. The number of benzene rings is 1. The fraction of sp³-hybridized carbons (Fsp3) is 0.273. The lowest BCUT2D eigenvalue weighted by molar-refractivity contribution is 0.954. The molecule has 0 saturated heterocycles. The molecule has 0 unspecified atom stereocenters. The molecule has 1 aromatic carbocycles. The van der Waals surface area contributed by atoms with Crippen LogP contribution in [0.3, 0.4) is 0 Å². The molecule has 14 heavy (non-hydrogen) atoms. The molecule has 0 radical (unpaired) electrons. The highest BCUT2D eigenvalue weighted by atomic mass is 14.9. The van der Waals surface area contributed by atoms with Crippen molar-refractivity contribution in [3.8, 4) is 0 Å². The van der Waals surface area contributed by atoms with E-state index in [4.69, 9.17) is 5.73 Å². The first-order chi connectivity index (χ1) is 6.70. The normalized spacial score (nSPS) is 10.8. The molecule has 0 bridgehead atoms. The van der Waals surface area contributed by atoms with E-state index in [1.54, 1.807) is 0 Å². The summed E-state index contributed by atoms with van der Waals surface area (Å²) in [5, 5.41) is 1.07. The largest absolute Gasteiger partial charge is 0.325 e. The molecule has 3 heteroatoms. The molecule has 0 atom stereocenters. The minimum atomic E-state index is 0.462. The van der Waals surface area contributed by atoms with Crippen LogP contribution in [0.1, 0.15) is 17.1 Å². The zero-order valence-electron chi connectivity index (χ0n) is 8.41. The number of fused-ring (bicyclic) bond motifs is 1. The topological polar surface area (TPSA) is 51.8 Å². The van der Waals surface area contributed by atoms with Gasteiger partial charge in [0.05, 0.1) is 11.2 Å². The highest BCUT2D eigenvalue weighted by molar-refractivity contribution is 5.81. The van der Waals surface area contributed by atoms with Gasteiger partial charge in [-0.05, 0) is 26.0 Å². The molecule has 2 N–H and O–H groups in total. The highest BCUT2D eigenvalue weighted by Crippen LogP contribution is 2.16. The number of hydrogen-bond donors (Lipinski definition) is 1. The zero-order valence-corrected chi connectivity index (χ0v) is 8.41. The average molecular weight is 187 g/mol. The van der Waals surface area contributed by atoms with E-state index in [1.165, 1.54) is 5.56 Å². The quantitative estimate of drug-likeness (QED) is 0.739. The third kappa shape index (κ3) is 1.46. The van der Waals surface area contributed by atoms with Crippen molar-refractivity contribution < 1.29 is 0 Å². The van der Waals surface area contributed by atoms with Gasteiger partial charge in [0.2, 0.25) is 0 Å². The van der Waals surface area contributed by atoms with Crippen LogP contribution in [0.25, 0.3) is 10.9 Å². The summed E-state index contributed by atoms with van der Waals surface area (Å²) >= 11 is 0. The fourth-order valence-electron chi connectivity index (χ4n) is 1.59. The van der Waals surface area contributed by atoms with Gasteiger partial charge in [0.1, 0.15) is 5.82 Å². The summed E-state index contributed by atoms with van der Waals surface area (Å²) in [6, 6.07) is 6.14. The number of aromatic nitrogens is 2. The van der Waals surface area contributed by atoms with E-state index >= 15 is 0 Å². The van der Waals surface area contributed by atoms with Gasteiger partial charge in [-0.1, -0.05) is 11.6 Å². The van der Waals surface area contributed by atoms with Crippen molar-refractivity contribution in [3.05, 3.63) is 35.3 Å². The van der Waals surface area contributed by atoms with E-state index in [-0.39, 0.29) is 0 Å². The smallest absolute Gasteiger partial charge is 0.126 e. The summed E-state index contributed by atoms with van der Waals surface area (Å²) in [6.07, 6.45) is 0. The van der Waals surface area contributed by atoms with Crippen LogP contribution in [-0.2, 0) is 6.54 Å². The van der Waals surface area contributed by atoms with Crippen LogP contribution in [0, 0.1) is 13.8 Å². The maximum atomic E-state index is 5.64. The molecular formula is C11H13N3. The van der Waals surface area contributed by atoms with Crippen molar-refractivity contribution in [2.75, 3.05) is 0 Å². The molecule has 72 valence electrons. The van der Waals surface area contributed by atoms with E-state index in [9.17, 15) is 0 Å². The Bertz CT molecular complexity index is 477. The SMILES string of the molecule is Cc1ccc2nc(C)nc(CN)c2c1. The Labute approximate surface area is 83.0 Å². The molecular weight excluding hydrogens is 174 g/mol. The second-order valence-corrected chi connectivity index (χ2v) is 3.44. The lowest BCUT2D eigenvalue weighted by atomic mass is 10.1. The second kappa shape index (κ2) is 3.35. The molecule has 0 spiro atoms. The number of rotatable bonds is 1. The molecule has 0 aliphatic carbocycles. The Morgan fingerprint density at radius 2 is 2.00 bits per heavy atom. The first kappa shape index (κ1) is 9.09. The molecule has 0 saturated carbocycles. The van der Waals surface area contributed by atoms with Crippen LogP contribution in [0.15, 0.2) is 18.2 Å². The van der Waals surface area contributed by atoms with Crippen LogP contribution in [0.4, 0.5) is 0 Å². The van der Waals surface area contributed by atoms with Gasteiger partial charge >= 0.3 is 0 Å². The summed E-state index contributed by atoms with van der Waals surface area (Å²) in [5.74, 6) is 0.779. The highest BCUT2D eigenvalue weighted by Gasteiger charge is 2.03. The average Bonchev–Trinajstić information content (AvgIpc) is 2.17. The Morgan fingerprint density at radius 1 is 1.21 bits per heavy atom. The number of nitrogens with two attached hydrogens (primary N) is 1. The van der Waals surface area contributed by atoms with Gasteiger partial charge in [0, 0.05) is 11.9 Å². The zero-order chi connectivity index (χ0) is 10.1. The first-order valence-electron chi connectivity index (χ1n) is 4.64. The van der Waals surface area contributed by atoms with Crippen LogP contribution < -0.4 is 5.73 Å². The van der Waals surface area contributed by atoms with E-state index in [0.717, 1.165) is 22.4 Å². The van der Waals surface area contributed by atoms with Crippen LogP contribution in [0.2, 0.25) is 0 Å². The van der Waals surface area contributed by atoms with E-state index in [2.05, 4.69) is 29.0 Å². The van der Waals surface area contributed by atoms with Gasteiger partial charge in [-0.25, -0.2) is 9.97 Å². The molecule has 0 fully saturated rings. The van der Waals surface area contributed by atoms with Crippen molar-refractivity contribution in [3.63, 3.8) is 0 Å². The molecule has 0 aliphatic rings. The predicted octanol–water partition coefficient (Wildman–Crippen LogP) is 1.71. The monoisotopic (exact) mass is 187 g/mol. The first-order valence-corrected chi connectivity index (χ1v) is 4.64. The van der Waals surface area contributed by atoms with E-state index in [0.29, 0.717) is 6.54 Å². The molecule has 1 heterocycles. The molecule has 3 nitrogen and oxygen atoms in total. The maximum absolute atomic E-state index is 5.64.